The van der Waals surface area contributed by atoms with Gasteiger partial charge >= 0.3 is 0 Å². The van der Waals surface area contributed by atoms with Gasteiger partial charge in [-0.3, -0.25) is 4.79 Å². The lowest BCUT2D eigenvalue weighted by molar-refractivity contribution is -0.122. The summed E-state index contributed by atoms with van der Waals surface area (Å²) in [5.74, 6) is 1.29. The number of benzene rings is 1. The Kier molecular flexibility index (Phi) is 4.23. The summed E-state index contributed by atoms with van der Waals surface area (Å²) in [5.41, 5.74) is 9.07. The molecule has 6 nitrogen and oxygen atoms in total. The van der Waals surface area contributed by atoms with Crippen LogP contribution in [0, 0.1) is 6.92 Å². The fourth-order valence-electron chi connectivity index (χ4n) is 3.14. The number of nitrogens with zero attached hydrogens (tertiary/aromatic N) is 2. The second kappa shape index (κ2) is 6.32. The Morgan fingerprint density at radius 2 is 2.30 bits per heavy atom. The van der Waals surface area contributed by atoms with E-state index in [0.29, 0.717) is 5.82 Å². The van der Waals surface area contributed by atoms with Gasteiger partial charge in [-0.05, 0) is 49.4 Å². The summed E-state index contributed by atoms with van der Waals surface area (Å²) in [6.45, 7) is 2.00. The Labute approximate surface area is 135 Å². The zero-order valence-corrected chi connectivity index (χ0v) is 13.5. The molecule has 1 aromatic heterocycles. The van der Waals surface area contributed by atoms with Gasteiger partial charge in [0, 0.05) is 6.07 Å². The molecule has 2 aromatic rings. The van der Waals surface area contributed by atoms with Gasteiger partial charge in [-0.1, -0.05) is 6.07 Å². The molecule has 0 fully saturated rings. The molecule has 6 heteroatoms. The fraction of sp³-hybridized carbons (Fsp3) is 0.412. The number of carbonyl (C=O) groups is 1. The second-order valence-electron chi connectivity index (χ2n) is 5.95. The molecule has 1 amide bonds. The van der Waals surface area contributed by atoms with Crippen LogP contribution in [0.15, 0.2) is 24.3 Å². The number of rotatable bonds is 4. The van der Waals surface area contributed by atoms with E-state index in [1.165, 1.54) is 15.8 Å². The summed E-state index contributed by atoms with van der Waals surface area (Å²) in [4.78, 5) is 12.3. The van der Waals surface area contributed by atoms with Crippen LogP contribution in [0.3, 0.4) is 0 Å². The molecule has 1 heterocycles. The average molecular weight is 314 g/mol. The third-order valence-electron chi connectivity index (χ3n) is 4.23. The Morgan fingerprint density at radius 1 is 1.48 bits per heavy atom. The maximum absolute atomic E-state index is 12.3. The number of anilines is 1. The molecule has 1 aliphatic carbocycles. The molecule has 0 saturated carbocycles. The van der Waals surface area contributed by atoms with Crippen LogP contribution < -0.4 is 15.8 Å². The first-order valence-electron chi connectivity index (χ1n) is 7.83. The summed E-state index contributed by atoms with van der Waals surface area (Å²) < 4.78 is 6.81. The van der Waals surface area contributed by atoms with Gasteiger partial charge in [0.25, 0.3) is 0 Å². The van der Waals surface area contributed by atoms with Crippen LogP contribution in [0.25, 0.3) is 0 Å². The number of hydrogen-bond acceptors (Lipinski definition) is 4. The molecule has 122 valence electrons. The van der Waals surface area contributed by atoms with Gasteiger partial charge in [0.15, 0.2) is 0 Å². The molecule has 0 bridgehead atoms. The van der Waals surface area contributed by atoms with Crippen molar-refractivity contribution in [1.29, 1.82) is 0 Å². The molecule has 0 saturated heterocycles. The average Bonchev–Trinajstić information content (AvgIpc) is 2.84. The number of carbonyl (C=O) groups excluding carboxylic acids is 1. The van der Waals surface area contributed by atoms with E-state index in [2.05, 4.69) is 16.5 Å². The third-order valence-corrected chi connectivity index (χ3v) is 4.23. The quantitative estimate of drug-likeness (QED) is 0.904. The van der Waals surface area contributed by atoms with E-state index < -0.39 is 0 Å². The highest BCUT2D eigenvalue weighted by Gasteiger charge is 2.22. The third kappa shape index (κ3) is 3.31. The van der Waals surface area contributed by atoms with Crippen LogP contribution in [0.1, 0.15) is 35.7 Å². The Hall–Kier alpha value is -2.50. The maximum Gasteiger partial charge on any atom is 0.242 e. The van der Waals surface area contributed by atoms with E-state index in [4.69, 9.17) is 10.5 Å². The van der Waals surface area contributed by atoms with Crippen molar-refractivity contribution in [2.75, 3.05) is 12.8 Å². The van der Waals surface area contributed by atoms with Crippen LogP contribution in [0.2, 0.25) is 0 Å². The lowest BCUT2D eigenvalue weighted by Gasteiger charge is -2.27. The highest BCUT2D eigenvalue weighted by atomic mass is 16.5. The predicted octanol–water partition coefficient (Wildman–Crippen LogP) is 1.98. The smallest absolute Gasteiger partial charge is 0.242 e. The van der Waals surface area contributed by atoms with Gasteiger partial charge in [0.05, 0.1) is 18.8 Å². The number of fused-ring (bicyclic) bond motifs is 1. The number of ether oxygens (including phenoxy) is 1. The molecular weight excluding hydrogens is 292 g/mol. The Bertz CT molecular complexity index is 723. The topological polar surface area (TPSA) is 82.2 Å². The van der Waals surface area contributed by atoms with Crippen molar-refractivity contribution in [3.63, 3.8) is 0 Å². The SMILES string of the molecule is COc1ccc2c(c1)CCCC2NC(=O)Cn1nc(C)cc1N. The van der Waals surface area contributed by atoms with Crippen molar-refractivity contribution in [1.82, 2.24) is 15.1 Å². The number of aryl methyl sites for hydroxylation is 2. The Morgan fingerprint density at radius 3 is 3.00 bits per heavy atom. The molecule has 0 aliphatic heterocycles. The van der Waals surface area contributed by atoms with Crippen LogP contribution in [-0.4, -0.2) is 22.8 Å². The zero-order chi connectivity index (χ0) is 16.4. The first kappa shape index (κ1) is 15.4. The monoisotopic (exact) mass is 314 g/mol. The molecule has 23 heavy (non-hydrogen) atoms. The molecule has 3 N–H and O–H groups in total. The number of aromatic nitrogens is 2. The molecule has 1 aromatic carbocycles. The molecule has 1 atom stereocenters. The summed E-state index contributed by atoms with van der Waals surface area (Å²) in [5, 5.41) is 7.33. The summed E-state index contributed by atoms with van der Waals surface area (Å²) in [6.07, 6.45) is 3.01. The summed E-state index contributed by atoms with van der Waals surface area (Å²) in [7, 11) is 1.67. The lowest BCUT2D eigenvalue weighted by atomic mass is 9.87. The summed E-state index contributed by atoms with van der Waals surface area (Å²) in [6, 6.07) is 7.84. The number of nitrogen functional groups attached to an aromatic ring is 1. The highest BCUT2D eigenvalue weighted by Crippen LogP contribution is 2.32. The van der Waals surface area contributed by atoms with Crippen molar-refractivity contribution in [3.05, 3.63) is 41.1 Å². The van der Waals surface area contributed by atoms with Crippen LogP contribution in [0.5, 0.6) is 5.75 Å². The first-order valence-corrected chi connectivity index (χ1v) is 7.83. The minimum atomic E-state index is -0.0755. The Balaban J connectivity index is 1.71. The predicted molar refractivity (Wildman–Crippen MR) is 88.2 cm³/mol. The zero-order valence-electron chi connectivity index (χ0n) is 13.5. The molecular formula is C17H22N4O2. The van der Waals surface area contributed by atoms with Crippen molar-refractivity contribution in [3.8, 4) is 5.75 Å². The van der Waals surface area contributed by atoms with Crippen molar-refractivity contribution < 1.29 is 9.53 Å². The molecule has 3 rings (SSSR count). The van der Waals surface area contributed by atoms with Crippen molar-refractivity contribution in [2.45, 2.75) is 38.8 Å². The maximum atomic E-state index is 12.3. The number of nitrogens with one attached hydrogen (secondary N) is 1. The van der Waals surface area contributed by atoms with Crippen LogP contribution >= 0.6 is 0 Å². The van der Waals surface area contributed by atoms with Gasteiger partial charge < -0.3 is 15.8 Å². The summed E-state index contributed by atoms with van der Waals surface area (Å²) >= 11 is 0. The second-order valence-corrected chi connectivity index (χ2v) is 5.95. The minimum absolute atomic E-state index is 0.0371. The van der Waals surface area contributed by atoms with E-state index in [1.807, 2.05) is 19.1 Å². The molecule has 1 aliphatic rings. The standard InChI is InChI=1S/C17H22N4O2/c1-11-8-16(18)21(20-11)10-17(22)19-15-5-3-4-12-9-13(23-2)6-7-14(12)15/h6-9,15H,3-5,10,18H2,1-2H3,(H,19,22). The van der Waals surface area contributed by atoms with Gasteiger partial charge in [-0.15, -0.1) is 0 Å². The van der Waals surface area contributed by atoms with E-state index in [9.17, 15) is 4.79 Å². The van der Waals surface area contributed by atoms with E-state index >= 15 is 0 Å². The van der Waals surface area contributed by atoms with Gasteiger partial charge in [-0.25, -0.2) is 4.68 Å². The number of methoxy groups -OCH3 is 1. The normalized spacial score (nSPS) is 16.7. The van der Waals surface area contributed by atoms with Gasteiger partial charge in [0.1, 0.15) is 18.1 Å². The molecule has 0 radical (unpaired) electrons. The molecule has 1 unspecified atom stereocenters. The van der Waals surface area contributed by atoms with E-state index in [1.54, 1.807) is 13.2 Å². The largest absolute Gasteiger partial charge is 0.497 e. The van der Waals surface area contributed by atoms with Crippen LogP contribution in [0.4, 0.5) is 5.82 Å². The number of nitrogens with two attached hydrogens (primary N) is 1. The van der Waals surface area contributed by atoms with Gasteiger partial charge in [0.2, 0.25) is 5.91 Å². The number of amides is 1. The van der Waals surface area contributed by atoms with E-state index in [-0.39, 0.29) is 18.5 Å². The van der Waals surface area contributed by atoms with E-state index in [0.717, 1.165) is 30.7 Å². The highest BCUT2D eigenvalue weighted by molar-refractivity contribution is 5.76. The molecule has 0 spiro atoms. The first-order chi connectivity index (χ1) is 11.1. The minimum Gasteiger partial charge on any atom is -0.497 e. The lowest BCUT2D eigenvalue weighted by Crippen LogP contribution is -2.34. The van der Waals surface area contributed by atoms with Crippen molar-refractivity contribution in [2.24, 2.45) is 0 Å². The fourth-order valence-corrected chi connectivity index (χ4v) is 3.14. The van der Waals surface area contributed by atoms with Crippen molar-refractivity contribution >= 4 is 11.7 Å². The van der Waals surface area contributed by atoms with Gasteiger partial charge in [-0.2, -0.15) is 5.10 Å². The number of hydrogen-bond donors (Lipinski definition) is 2. The van der Waals surface area contributed by atoms with Crippen LogP contribution in [-0.2, 0) is 17.8 Å².